The lowest BCUT2D eigenvalue weighted by Crippen LogP contribution is -2.25. The van der Waals surface area contributed by atoms with Crippen LogP contribution in [-0.2, 0) is 0 Å². The minimum absolute atomic E-state index is 0.224. The number of rotatable bonds is 5. The summed E-state index contributed by atoms with van der Waals surface area (Å²) in [5.74, 6) is 0. The molecule has 0 saturated heterocycles. The lowest BCUT2D eigenvalue weighted by Gasteiger charge is -2.25. The van der Waals surface area contributed by atoms with Crippen LogP contribution in [0.15, 0.2) is 16.6 Å². The predicted octanol–water partition coefficient (Wildman–Crippen LogP) is 2.55. The summed E-state index contributed by atoms with van der Waals surface area (Å²) in [4.78, 5) is 2.23. The van der Waals surface area contributed by atoms with Gasteiger partial charge in [-0.2, -0.15) is 0 Å². The van der Waals surface area contributed by atoms with E-state index in [9.17, 15) is 0 Å². The molecule has 0 amide bonds. The van der Waals surface area contributed by atoms with Crippen LogP contribution in [-0.4, -0.2) is 24.8 Å². The zero-order valence-corrected chi connectivity index (χ0v) is 11.4. The van der Waals surface area contributed by atoms with Gasteiger partial charge in [-0.15, -0.1) is 0 Å². The first-order valence-corrected chi connectivity index (χ1v) is 6.30. The Morgan fingerprint density at radius 3 is 2.69 bits per heavy atom. The lowest BCUT2D eigenvalue weighted by atomic mass is 10.1. The number of anilines is 2. The number of halogens is 1. The zero-order chi connectivity index (χ0) is 12.1. The minimum atomic E-state index is 0.224. The summed E-state index contributed by atoms with van der Waals surface area (Å²) in [6.07, 6.45) is 0.781. The third-order valence-electron chi connectivity index (χ3n) is 2.64. The molecule has 0 heterocycles. The number of hydrogen-bond acceptors (Lipinski definition) is 3. The zero-order valence-electron chi connectivity index (χ0n) is 9.83. The maximum absolute atomic E-state index is 8.87. The fourth-order valence-electron chi connectivity index (χ4n) is 1.63. The fourth-order valence-corrected chi connectivity index (χ4v) is 2.25. The molecular weight excluding hydrogens is 268 g/mol. The van der Waals surface area contributed by atoms with Gasteiger partial charge in [-0.3, -0.25) is 0 Å². The van der Waals surface area contributed by atoms with Crippen molar-refractivity contribution < 1.29 is 5.11 Å². The first kappa shape index (κ1) is 13.3. The Morgan fingerprint density at radius 1 is 1.44 bits per heavy atom. The molecule has 1 aromatic carbocycles. The van der Waals surface area contributed by atoms with E-state index in [0.717, 1.165) is 40.9 Å². The van der Waals surface area contributed by atoms with Crippen LogP contribution in [0.25, 0.3) is 0 Å². The molecule has 3 N–H and O–H groups in total. The Labute approximate surface area is 105 Å². The standard InChI is InChI=1S/C12H19BrN2O/c1-3-15(5-4-6-16)12-7-9(2)11(14)8-10(12)13/h7-8,16H,3-6,14H2,1-2H3. The van der Waals surface area contributed by atoms with Crippen molar-refractivity contribution in [3.05, 3.63) is 22.2 Å². The molecule has 0 bridgehead atoms. The lowest BCUT2D eigenvalue weighted by molar-refractivity contribution is 0.289. The average Bonchev–Trinajstić information content (AvgIpc) is 2.26. The van der Waals surface area contributed by atoms with Gasteiger partial charge < -0.3 is 15.7 Å². The van der Waals surface area contributed by atoms with Crippen molar-refractivity contribution in [2.75, 3.05) is 30.3 Å². The van der Waals surface area contributed by atoms with Crippen molar-refractivity contribution in [1.82, 2.24) is 0 Å². The molecule has 3 nitrogen and oxygen atoms in total. The molecule has 0 spiro atoms. The van der Waals surface area contributed by atoms with Gasteiger partial charge in [0.1, 0.15) is 0 Å². The van der Waals surface area contributed by atoms with E-state index in [2.05, 4.69) is 33.8 Å². The third-order valence-corrected chi connectivity index (χ3v) is 3.28. The summed E-state index contributed by atoms with van der Waals surface area (Å²) in [6.45, 7) is 6.11. The van der Waals surface area contributed by atoms with Gasteiger partial charge in [0.2, 0.25) is 0 Å². The highest BCUT2D eigenvalue weighted by Gasteiger charge is 2.09. The van der Waals surface area contributed by atoms with Gasteiger partial charge in [0.25, 0.3) is 0 Å². The summed E-state index contributed by atoms with van der Waals surface area (Å²) in [7, 11) is 0. The molecule has 0 saturated carbocycles. The summed E-state index contributed by atoms with van der Waals surface area (Å²) in [5, 5.41) is 8.87. The number of aliphatic hydroxyl groups excluding tert-OH is 1. The molecule has 0 aliphatic rings. The SMILES string of the molecule is CCN(CCCO)c1cc(C)c(N)cc1Br. The average molecular weight is 287 g/mol. The van der Waals surface area contributed by atoms with E-state index in [0.29, 0.717) is 0 Å². The van der Waals surface area contributed by atoms with E-state index in [1.54, 1.807) is 0 Å². The molecule has 0 radical (unpaired) electrons. The van der Waals surface area contributed by atoms with Crippen molar-refractivity contribution >= 4 is 27.3 Å². The molecule has 0 aromatic heterocycles. The van der Waals surface area contributed by atoms with E-state index in [1.807, 2.05) is 13.0 Å². The number of nitrogens with two attached hydrogens (primary N) is 1. The maximum Gasteiger partial charge on any atom is 0.0514 e. The van der Waals surface area contributed by atoms with Crippen molar-refractivity contribution in [2.24, 2.45) is 0 Å². The van der Waals surface area contributed by atoms with Gasteiger partial charge in [-0.05, 0) is 53.9 Å². The first-order valence-electron chi connectivity index (χ1n) is 5.51. The second-order valence-corrected chi connectivity index (χ2v) is 4.67. The Hall–Kier alpha value is -0.740. The van der Waals surface area contributed by atoms with Gasteiger partial charge in [0.15, 0.2) is 0 Å². The van der Waals surface area contributed by atoms with E-state index >= 15 is 0 Å². The Bertz CT molecular complexity index is 355. The van der Waals surface area contributed by atoms with Crippen LogP contribution in [0, 0.1) is 6.92 Å². The molecule has 0 atom stereocenters. The van der Waals surface area contributed by atoms with Gasteiger partial charge >= 0.3 is 0 Å². The van der Waals surface area contributed by atoms with Crippen molar-refractivity contribution in [3.8, 4) is 0 Å². The van der Waals surface area contributed by atoms with Crippen LogP contribution in [0.5, 0.6) is 0 Å². The number of nitrogen functional groups attached to an aromatic ring is 1. The molecule has 16 heavy (non-hydrogen) atoms. The third kappa shape index (κ3) is 3.12. The van der Waals surface area contributed by atoms with Crippen LogP contribution >= 0.6 is 15.9 Å². The summed E-state index contributed by atoms with van der Waals surface area (Å²) in [5.41, 5.74) is 8.87. The monoisotopic (exact) mass is 286 g/mol. The summed E-state index contributed by atoms with van der Waals surface area (Å²) >= 11 is 3.53. The van der Waals surface area contributed by atoms with Crippen LogP contribution in [0.4, 0.5) is 11.4 Å². The molecule has 1 aromatic rings. The topological polar surface area (TPSA) is 49.5 Å². The predicted molar refractivity (Wildman–Crippen MR) is 72.9 cm³/mol. The Kier molecular flexibility index (Phi) is 5.09. The van der Waals surface area contributed by atoms with Gasteiger partial charge in [-0.25, -0.2) is 0 Å². The molecule has 90 valence electrons. The summed E-state index contributed by atoms with van der Waals surface area (Å²) < 4.78 is 1.01. The molecule has 0 fully saturated rings. The molecular formula is C12H19BrN2O. The molecule has 1 rings (SSSR count). The Morgan fingerprint density at radius 2 is 2.12 bits per heavy atom. The highest BCUT2D eigenvalue weighted by molar-refractivity contribution is 9.10. The smallest absolute Gasteiger partial charge is 0.0514 e. The van der Waals surface area contributed by atoms with Crippen molar-refractivity contribution in [3.63, 3.8) is 0 Å². The Balaban J connectivity index is 2.95. The molecule has 4 heteroatoms. The maximum atomic E-state index is 8.87. The fraction of sp³-hybridized carbons (Fsp3) is 0.500. The van der Waals surface area contributed by atoms with E-state index in [-0.39, 0.29) is 6.61 Å². The van der Waals surface area contributed by atoms with E-state index < -0.39 is 0 Å². The van der Waals surface area contributed by atoms with Crippen LogP contribution < -0.4 is 10.6 Å². The van der Waals surface area contributed by atoms with Crippen molar-refractivity contribution in [1.29, 1.82) is 0 Å². The van der Waals surface area contributed by atoms with E-state index in [1.165, 1.54) is 0 Å². The highest BCUT2D eigenvalue weighted by atomic mass is 79.9. The van der Waals surface area contributed by atoms with Crippen LogP contribution in [0.1, 0.15) is 18.9 Å². The van der Waals surface area contributed by atoms with Crippen molar-refractivity contribution in [2.45, 2.75) is 20.3 Å². The highest BCUT2D eigenvalue weighted by Crippen LogP contribution is 2.30. The van der Waals surface area contributed by atoms with Gasteiger partial charge in [-0.1, -0.05) is 0 Å². The largest absolute Gasteiger partial charge is 0.398 e. The molecule has 0 aliphatic carbocycles. The van der Waals surface area contributed by atoms with Gasteiger partial charge in [0, 0.05) is 29.9 Å². The van der Waals surface area contributed by atoms with Gasteiger partial charge in [0.05, 0.1) is 5.69 Å². The first-order chi connectivity index (χ1) is 7.60. The number of aliphatic hydroxyl groups is 1. The number of aryl methyl sites for hydroxylation is 1. The number of nitrogens with zero attached hydrogens (tertiary/aromatic N) is 1. The number of hydrogen-bond donors (Lipinski definition) is 2. The van der Waals surface area contributed by atoms with E-state index in [4.69, 9.17) is 10.8 Å². The minimum Gasteiger partial charge on any atom is -0.398 e. The molecule has 0 aliphatic heterocycles. The second kappa shape index (κ2) is 6.11. The van der Waals surface area contributed by atoms with Crippen LogP contribution in [0.3, 0.4) is 0 Å². The normalized spacial score (nSPS) is 10.5. The second-order valence-electron chi connectivity index (χ2n) is 3.82. The summed E-state index contributed by atoms with van der Waals surface area (Å²) in [6, 6.07) is 4.02. The number of benzene rings is 1. The van der Waals surface area contributed by atoms with Crippen LogP contribution in [0.2, 0.25) is 0 Å². The quantitative estimate of drug-likeness (QED) is 0.818. The molecule has 0 unspecified atom stereocenters.